The lowest BCUT2D eigenvalue weighted by molar-refractivity contribution is -0.139. The van der Waals surface area contributed by atoms with E-state index in [2.05, 4.69) is 20.7 Å². The molecule has 1 aliphatic carbocycles. The van der Waals surface area contributed by atoms with Crippen LogP contribution < -0.4 is 10.6 Å². The van der Waals surface area contributed by atoms with E-state index in [1.54, 1.807) is 22.7 Å². The molecule has 3 aromatic rings. The van der Waals surface area contributed by atoms with E-state index in [0.717, 1.165) is 18.5 Å². The molecule has 0 unspecified atom stereocenters. The molecule has 1 saturated carbocycles. The molecule has 0 atom stereocenters. The second-order valence-electron chi connectivity index (χ2n) is 6.09. The Kier molecular flexibility index (Phi) is 4.37. The van der Waals surface area contributed by atoms with Gasteiger partial charge in [0.05, 0.1) is 11.3 Å². The third-order valence-electron chi connectivity index (χ3n) is 4.05. The number of fused-ring (bicyclic) bond motifs is 1. The van der Waals surface area contributed by atoms with E-state index >= 15 is 0 Å². The molecule has 2 heterocycles. The monoisotopic (exact) mass is 373 g/mol. The van der Waals surface area contributed by atoms with Gasteiger partial charge in [0.2, 0.25) is 4.96 Å². The molecule has 1 fully saturated rings. The Morgan fingerprint density at radius 1 is 1.27 bits per heavy atom. The third-order valence-corrected chi connectivity index (χ3v) is 4.92. The standard InChI is InChI=1S/C17H16FN5O2S/c18-13-4-2-1-3-12(13)14-21-17-23(22-14)11(9-26-17)7-8-19-15(24)16(25)20-10-5-6-10/h1-4,9-10H,5-8H2,(H,19,24)(H,20,25). The second-order valence-corrected chi connectivity index (χ2v) is 6.93. The average Bonchev–Trinajstić information content (AvgIpc) is 3.22. The van der Waals surface area contributed by atoms with Gasteiger partial charge in [-0.05, 0) is 25.0 Å². The van der Waals surface area contributed by atoms with Crippen LogP contribution in [0, 0.1) is 5.82 Å². The predicted octanol–water partition coefficient (Wildman–Crippen LogP) is 1.53. The molecule has 1 aliphatic rings. The number of carbonyl (C=O) groups is 2. The van der Waals surface area contributed by atoms with Crippen LogP contribution in [0.15, 0.2) is 29.6 Å². The van der Waals surface area contributed by atoms with Crippen LogP contribution >= 0.6 is 11.3 Å². The molecule has 0 saturated heterocycles. The number of amides is 2. The zero-order valence-electron chi connectivity index (χ0n) is 13.7. The van der Waals surface area contributed by atoms with Crippen molar-refractivity contribution in [2.45, 2.75) is 25.3 Å². The first-order valence-electron chi connectivity index (χ1n) is 8.28. The summed E-state index contributed by atoms with van der Waals surface area (Å²) in [5.74, 6) is -1.27. The van der Waals surface area contributed by atoms with E-state index in [-0.39, 0.29) is 11.9 Å². The SMILES string of the molecule is O=C(NCCc1csc2nc(-c3ccccc3F)nn12)C(=O)NC1CC1. The number of rotatable bonds is 5. The van der Waals surface area contributed by atoms with Gasteiger partial charge in [0.15, 0.2) is 5.82 Å². The van der Waals surface area contributed by atoms with Gasteiger partial charge in [-0.1, -0.05) is 12.1 Å². The number of nitrogens with one attached hydrogen (secondary N) is 2. The van der Waals surface area contributed by atoms with Crippen molar-refractivity contribution >= 4 is 28.1 Å². The minimum Gasteiger partial charge on any atom is -0.347 e. The van der Waals surface area contributed by atoms with E-state index in [0.29, 0.717) is 29.3 Å². The number of hydrogen-bond donors (Lipinski definition) is 2. The van der Waals surface area contributed by atoms with Gasteiger partial charge in [0.25, 0.3) is 0 Å². The van der Waals surface area contributed by atoms with Crippen LogP contribution in [0.1, 0.15) is 18.5 Å². The lowest BCUT2D eigenvalue weighted by atomic mass is 10.2. The maximum Gasteiger partial charge on any atom is 0.309 e. The van der Waals surface area contributed by atoms with Gasteiger partial charge < -0.3 is 10.6 Å². The first-order valence-corrected chi connectivity index (χ1v) is 9.16. The molecule has 0 spiro atoms. The molecule has 0 radical (unpaired) electrons. The van der Waals surface area contributed by atoms with Crippen molar-refractivity contribution in [1.82, 2.24) is 25.2 Å². The van der Waals surface area contributed by atoms with Crippen LogP contribution in [0.25, 0.3) is 16.3 Å². The minimum absolute atomic E-state index is 0.150. The molecule has 4 rings (SSSR count). The van der Waals surface area contributed by atoms with Crippen molar-refractivity contribution in [2.75, 3.05) is 6.54 Å². The number of nitrogens with zero attached hydrogens (tertiary/aromatic N) is 3. The maximum atomic E-state index is 13.9. The Morgan fingerprint density at radius 2 is 2.08 bits per heavy atom. The van der Waals surface area contributed by atoms with Gasteiger partial charge in [-0.15, -0.1) is 16.4 Å². The Bertz CT molecular complexity index is 979. The second kappa shape index (κ2) is 6.83. The van der Waals surface area contributed by atoms with E-state index in [9.17, 15) is 14.0 Å². The van der Waals surface area contributed by atoms with E-state index in [4.69, 9.17) is 0 Å². The van der Waals surface area contributed by atoms with Gasteiger partial charge in [0.1, 0.15) is 5.82 Å². The zero-order chi connectivity index (χ0) is 18.1. The fourth-order valence-electron chi connectivity index (χ4n) is 2.52. The van der Waals surface area contributed by atoms with Crippen LogP contribution in [0.3, 0.4) is 0 Å². The Balaban J connectivity index is 1.41. The summed E-state index contributed by atoms with van der Waals surface area (Å²) in [6.07, 6.45) is 2.35. The first-order chi connectivity index (χ1) is 12.6. The maximum absolute atomic E-state index is 13.9. The number of thiazole rings is 1. The molecular formula is C17H16FN5O2S. The Hall–Kier alpha value is -2.81. The van der Waals surface area contributed by atoms with Gasteiger partial charge in [-0.25, -0.2) is 8.91 Å². The molecule has 134 valence electrons. The number of hydrogen-bond acceptors (Lipinski definition) is 5. The molecule has 9 heteroatoms. The smallest absolute Gasteiger partial charge is 0.309 e. The van der Waals surface area contributed by atoms with Gasteiger partial charge in [0, 0.05) is 24.4 Å². The van der Waals surface area contributed by atoms with Crippen molar-refractivity contribution in [3.05, 3.63) is 41.2 Å². The highest BCUT2D eigenvalue weighted by Gasteiger charge is 2.26. The van der Waals surface area contributed by atoms with Gasteiger partial charge in [-0.3, -0.25) is 9.59 Å². The van der Waals surface area contributed by atoms with Crippen LogP contribution in [0.2, 0.25) is 0 Å². The van der Waals surface area contributed by atoms with Crippen LogP contribution in [-0.4, -0.2) is 39.0 Å². The number of benzene rings is 1. The molecule has 2 aromatic heterocycles. The fourth-order valence-corrected chi connectivity index (χ4v) is 3.37. The summed E-state index contributed by atoms with van der Waals surface area (Å²) in [6, 6.07) is 6.50. The molecule has 0 aliphatic heterocycles. The van der Waals surface area contributed by atoms with Crippen LogP contribution in [0.4, 0.5) is 4.39 Å². The highest BCUT2D eigenvalue weighted by Crippen LogP contribution is 2.23. The van der Waals surface area contributed by atoms with Gasteiger partial charge in [-0.2, -0.15) is 4.98 Å². The largest absolute Gasteiger partial charge is 0.347 e. The summed E-state index contributed by atoms with van der Waals surface area (Å²) in [5, 5.41) is 11.5. The highest BCUT2D eigenvalue weighted by atomic mass is 32.1. The number of carbonyl (C=O) groups excluding carboxylic acids is 2. The lowest BCUT2D eigenvalue weighted by Crippen LogP contribution is -2.41. The van der Waals surface area contributed by atoms with Crippen LogP contribution in [0.5, 0.6) is 0 Å². The summed E-state index contributed by atoms with van der Waals surface area (Å²) in [5.41, 5.74) is 1.18. The number of aromatic nitrogens is 3. The quantitative estimate of drug-likeness (QED) is 0.664. The Morgan fingerprint density at radius 3 is 2.85 bits per heavy atom. The van der Waals surface area contributed by atoms with E-state index in [1.807, 2.05) is 5.38 Å². The first kappa shape index (κ1) is 16.6. The van der Waals surface area contributed by atoms with E-state index in [1.165, 1.54) is 17.4 Å². The van der Waals surface area contributed by atoms with Crippen molar-refractivity contribution in [3.8, 4) is 11.4 Å². The lowest BCUT2D eigenvalue weighted by Gasteiger charge is -2.04. The summed E-state index contributed by atoms with van der Waals surface area (Å²) >= 11 is 1.39. The summed E-state index contributed by atoms with van der Waals surface area (Å²) in [7, 11) is 0. The fraction of sp³-hybridized carbons (Fsp3) is 0.294. The molecule has 7 nitrogen and oxygen atoms in total. The third kappa shape index (κ3) is 3.43. The molecule has 1 aromatic carbocycles. The summed E-state index contributed by atoms with van der Waals surface area (Å²) in [4.78, 5) is 28.3. The van der Waals surface area contributed by atoms with Crippen molar-refractivity contribution in [2.24, 2.45) is 0 Å². The average molecular weight is 373 g/mol. The molecule has 26 heavy (non-hydrogen) atoms. The Labute approximate surface area is 152 Å². The summed E-state index contributed by atoms with van der Waals surface area (Å²) < 4.78 is 15.5. The normalized spacial score (nSPS) is 13.7. The van der Waals surface area contributed by atoms with Crippen molar-refractivity contribution < 1.29 is 14.0 Å². The minimum atomic E-state index is -0.631. The molecule has 2 amide bonds. The topological polar surface area (TPSA) is 88.4 Å². The number of halogens is 1. The highest BCUT2D eigenvalue weighted by molar-refractivity contribution is 7.15. The van der Waals surface area contributed by atoms with Crippen molar-refractivity contribution in [3.63, 3.8) is 0 Å². The molecule has 0 bridgehead atoms. The zero-order valence-corrected chi connectivity index (χ0v) is 14.6. The summed E-state index contributed by atoms with van der Waals surface area (Å²) in [6.45, 7) is 0.303. The van der Waals surface area contributed by atoms with E-state index < -0.39 is 11.8 Å². The molecule has 2 N–H and O–H groups in total. The molecular weight excluding hydrogens is 357 g/mol. The van der Waals surface area contributed by atoms with Crippen LogP contribution in [-0.2, 0) is 16.0 Å². The van der Waals surface area contributed by atoms with Gasteiger partial charge >= 0.3 is 11.8 Å². The van der Waals surface area contributed by atoms with Crippen molar-refractivity contribution in [1.29, 1.82) is 0 Å². The predicted molar refractivity (Wildman–Crippen MR) is 94.1 cm³/mol.